The molecule has 5 heteroatoms. The van der Waals surface area contributed by atoms with Gasteiger partial charge in [0.25, 0.3) is 5.91 Å². The van der Waals surface area contributed by atoms with Crippen molar-refractivity contribution in [3.63, 3.8) is 0 Å². The van der Waals surface area contributed by atoms with E-state index in [9.17, 15) is 4.79 Å². The van der Waals surface area contributed by atoms with Crippen LogP contribution in [0.4, 0.5) is 5.69 Å². The number of nitrogen functional groups attached to an aromatic ring is 1. The van der Waals surface area contributed by atoms with Crippen molar-refractivity contribution in [3.05, 3.63) is 23.2 Å². The third-order valence-corrected chi connectivity index (χ3v) is 2.33. The highest BCUT2D eigenvalue weighted by Crippen LogP contribution is 2.26. The van der Waals surface area contributed by atoms with Crippen LogP contribution in [-0.4, -0.2) is 19.1 Å². The van der Waals surface area contributed by atoms with Gasteiger partial charge in [-0.05, 0) is 18.1 Å². The van der Waals surface area contributed by atoms with E-state index in [2.05, 4.69) is 5.32 Å². The minimum absolute atomic E-state index is 0.0596. The van der Waals surface area contributed by atoms with Gasteiger partial charge in [0.05, 0.1) is 5.02 Å². The van der Waals surface area contributed by atoms with Gasteiger partial charge in [0.15, 0.2) is 6.61 Å². The number of benzene rings is 1. The summed E-state index contributed by atoms with van der Waals surface area (Å²) in [4.78, 5) is 11.4. The molecule has 1 aromatic rings. The fourth-order valence-corrected chi connectivity index (χ4v) is 1.31. The summed E-state index contributed by atoms with van der Waals surface area (Å²) >= 11 is 5.89. The van der Waals surface area contributed by atoms with Crippen molar-refractivity contribution < 1.29 is 9.53 Å². The molecule has 0 aliphatic carbocycles. The predicted octanol–water partition coefficient (Wildman–Crippen LogP) is 2.07. The van der Waals surface area contributed by atoms with E-state index >= 15 is 0 Å². The second kappa shape index (κ2) is 6.35. The molecular formula is C12H17ClN2O2. The Labute approximate surface area is 106 Å². The first-order chi connectivity index (χ1) is 7.99. The van der Waals surface area contributed by atoms with Crippen LogP contribution in [0.25, 0.3) is 0 Å². The Bertz CT molecular complexity index is 394. The van der Waals surface area contributed by atoms with Crippen LogP contribution in [0.3, 0.4) is 0 Å². The molecule has 0 unspecified atom stereocenters. The van der Waals surface area contributed by atoms with Gasteiger partial charge in [0, 0.05) is 18.3 Å². The highest BCUT2D eigenvalue weighted by molar-refractivity contribution is 6.32. The number of hydrogen-bond acceptors (Lipinski definition) is 3. The zero-order valence-corrected chi connectivity index (χ0v) is 10.8. The largest absolute Gasteiger partial charge is 0.482 e. The van der Waals surface area contributed by atoms with Gasteiger partial charge in [-0.25, -0.2) is 0 Å². The predicted molar refractivity (Wildman–Crippen MR) is 69.2 cm³/mol. The number of nitrogens with two attached hydrogens (primary N) is 1. The van der Waals surface area contributed by atoms with E-state index in [4.69, 9.17) is 22.1 Å². The fourth-order valence-electron chi connectivity index (χ4n) is 1.14. The number of carbonyl (C=O) groups excluding carboxylic acids is 1. The van der Waals surface area contributed by atoms with E-state index in [0.29, 0.717) is 28.9 Å². The molecule has 1 rings (SSSR count). The van der Waals surface area contributed by atoms with Crippen molar-refractivity contribution in [3.8, 4) is 5.75 Å². The first-order valence-electron chi connectivity index (χ1n) is 5.43. The first kappa shape index (κ1) is 13.6. The van der Waals surface area contributed by atoms with E-state index in [1.807, 2.05) is 13.8 Å². The van der Waals surface area contributed by atoms with Gasteiger partial charge in [0.2, 0.25) is 0 Å². The number of amides is 1. The van der Waals surface area contributed by atoms with E-state index in [1.54, 1.807) is 18.2 Å². The Kier molecular flexibility index (Phi) is 5.10. The first-order valence-corrected chi connectivity index (χ1v) is 5.81. The molecule has 0 aliphatic heterocycles. The maximum absolute atomic E-state index is 11.4. The summed E-state index contributed by atoms with van der Waals surface area (Å²) < 4.78 is 5.29. The van der Waals surface area contributed by atoms with Crippen LogP contribution in [-0.2, 0) is 4.79 Å². The number of hydrogen-bond donors (Lipinski definition) is 2. The summed E-state index contributed by atoms with van der Waals surface area (Å²) in [6.45, 7) is 4.62. The van der Waals surface area contributed by atoms with Gasteiger partial charge in [-0.1, -0.05) is 25.4 Å². The average Bonchev–Trinajstić information content (AvgIpc) is 2.27. The van der Waals surface area contributed by atoms with Crippen LogP contribution in [0.2, 0.25) is 5.02 Å². The molecule has 3 N–H and O–H groups in total. The molecular weight excluding hydrogens is 240 g/mol. The van der Waals surface area contributed by atoms with E-state index in [1.165, 1.54) is 0 Å². The van der Waals surface area contributed by atoms with Gasteiger partial charge in [-0.3, -0.25) is 4.79 Å². The van der Waals surface area contributed by atoms with Gasteiger partial charge >= 0.3 is 0 Å². The van der Waals surface area contributed by atoms with Crippen LogP contribution in [0.5, 0.6) is 5.75 Å². The van der Waals surface area contributed by atoms with E-state index in [0.717, 1.165) is 0 Å². The number of carbonyl (C=O) groups is 1. The number of anilines is 1. The zero-order valence-electron chi connectivity index (χ0n) is 10.00. The third-order valence-electron chi connectivity index (χ3n) is 2.02. The molecule has 0 heterocycles. The van der Waals surface area contributed by atoms with E-state index < -0.39 is 0 Å². The maximum atomic E-state index is 11.4. The molecule has 0 saturated heterocycles. The number of halogens is 1. The van der Waals surface area contributed by atoms with Crippen LogP contribution < -0.4 is 15.8 Å². The Morgan fingerprint density at radius 2 is 2.24 bits per heavy atom. The fraction of sp³-hybridized carbons (Fsp3) is 0.417. The molecule has 94 valence electrons. The minimum atomic E-state index is -0.169. The average molecular weight is 257 g/mol. The smallest absolute Gasteiger partial charge is 0.257 e. The molecule has 0 saturated carbocycles. The van der Waals surface area contributed by atoms with Crippen molar-refractivity contribution in [2.24, 2.45) is 5.92 Å². The van der Waals surface area contributed by atoms with Gasteiger partial charge < -0.3 is 15.8 Å². The molecule has 17 heavy (non-hydrogen) atoms. The lowest BCUT2D eigenvalue weighted by Gasteiger charge is -2.10. The monoisotopic (exact) mass is 256 g/mol. The molecule has 0 fully saturated rings. The second-order valence-electron chi connectivity index (χ2n) is 4.18. The van der Waals surface area contributed by atoms with Crippen LogP contribution in [0, 0.1) is 5.92 Å². The van der Waals surface area contributed by atoms with Crippen molar-refractivity contribution in [2.75, 3.05) is 18.9 Å². The summed E-state index contributed by atoms with van der Waals surface area (Å²) in [5, 5.41) is 3.19. The molecule has 1 aromatic carbocycles. The number of nitrogens with one attached hydrogen (secondary N) is 1. The molecule has 0 radical (unpaired) electrons. The van der Waals surface area contributed by atoms with Crippen molar-refractivity contribution in [1.82, 2.24) is 5.32 Å². The van der Waals surface area contributed by atoms with Gasteiger partial charge in [0.1, 0.15) is 5.75 Å². The topological polar surface area (TPSA) is 64.3 Å². The highest BCUT2D eigenvalue weighted by atomic mass is 35.5. The van der Waals surface area contributed by atoms with Crippen molar-refractivity contribution >= 4 is 23.2 Å². The van der Waals surface area contributed by atoms with Crippen LogP contribution in [0.1, 0.15) is 13.8 Å². The number of rotatable bonds is 5. The van der Waals surface area contributed by atoms with Crippen molar-refractivity contribution in [1.29, 1.82) is 0 Å². The summed E-state index contributed by atoms with van der Waals surface area (Å²) in [5.41, 5.74) is 6.14. The molecule has 0 aliphatic rings. The summed E-state index contributed by atoms with van der Waals surface area (Å²) in [7, 11) is 0. The third kappa shape index (κ3) is 4.95. The Morgan fingerprint density at radius 3 is 2.88 bits per heavy atom. The molecule has 0 bridgehead atoms. The molecule has 1 amide bonds. The van der Waals surface area contributed by atoms with Crippen molar-refractivity contribution in [2.45, 2.75) is 13.8 Å². The summed E-state index contributed by atoms with van der Waals surface area (Å²) in [5.74, 6) is 0.665. The summed E-state index contributed by atoms with van der Waals surface area (Å²) in [6, 6.07) is 4.91. The lowest BCUT2D eigenvalue weighted by atomic mass is 10.2. The minimum Gasteiger partial charge on any atom is -0.482 e. The Morgan fingerprint density at radius 1 is 1.53 bits per heavy atom. The normalized spacial score (nSPS) is 10.4. The zero-order chi connectivity index (χ0) is 12.8. The maximum Gasteiger partial charge on any atom is 0.257 e. The SMILES string of the molecule is CC(C)CNC(=O)COc1cc(N)ccc1Cl. The summed E-state index contributed by atoms with van der Waals surface area (Å²) in [6.07, 6.45) is 0. The Balaban J connectivity index is 2.44. The molecule has 0 atom stereocenters. The van der Waals surface area contributed by atoms with Crippen LogP contribution >= 0.6 is 11.6 Å². The highest BCUT2D eigenvalue weighted by Gasteiger charge is 2.06. The standard InChI is InChI=1S/C12H17ClN2O2/c1-8(2)6-15-12(16)7-17-11-5-9(14)3-4-10(11)13/h3-5,8H,6-7,14H2,1-2H3,(H,15,16). The molecule has 0 spiro atoms. The molecule has 4 nitrogen and oxygen atoms in total. The van der Waals surface area contributed by atoms with Crippen LogP contribution in [0.15, 0.2) is 18.2 Å². The lowest BCUT2D eigenvalue weighted by molar-refractivity contribution is -0.123. The van der Waals surface area contributed by atoms with E-state index in [-0.39, 0.29) is 12.5 Å². The van der Waals surface area contributed by atoms with Gasteiger partial charge in [-0.2, -0.15) is 0 Å². The molecule has 0 aromatic heterocycles. The lowest BCUT2D eigenvalue weighted by Crippen LogP contribution is -2.31. The van der Waals surface area contributed by atoms with Gasteiger partial charge in [-0.15, -0.1) is 0 Å². The Hall–Kier alpha value is -1.42. The second-order valence-corrected chi connectivity index (χ2v) is 4.58. The quantitative estimate of drug-likeness (QED) is 0.793. The number of ether oxygens (including phenoxy) is 1.